The minimum atomic E-state index is -0.565. The fourth-order valence-corrected chi connectivity index (χ4v) is 1.65. The van der Waals surface area contributed by atoms with Gasteiger partial charge in [0.05, 0.1) is 12.2 Å². The molecule has 0 radical (unpaired) electrons. The maximum Gasteiger partial charge on any atom is 0.339 e. The van der Waals surface area contributed by atoms with Gasteiger partial charge in [-0.25, -0.2) is 4.79 Å². The van der Waals surface area contributed by atoms with Gasteiger partial charge in [0.2, 0.25) is 0 Å². The van der Waals surface area contributed by atoms with E-state index >= 15 is 0 Å². The Hall–Kier alpha value is -1.55. The molecule has 112 valence electrons. The van der Waals surface area contributed by atoms with Crippen LogP contribution in [-0.4, -0.2) is 22.3 Å². The summed E-state index contributed by atoms with van der Waals surface area (Å²) in [5.74, 6) is 0.178. The summed E-state index contributed by atoms with van der Waals surface area (Å²) >= 11 is 0. The summed E-state index contributed by atoms with van der Waals surface area (Å²) in [6.07, 6.45) is 0. The first-order valence-corrected chi connectivity index (χ1v) is 6.68. The second-order valence-electron chi connectivity index (χ2n) is 6.69. The number of aliphatic hydroxyl groups is 1. The Balaban J connectivity index is 3.02. The SMILES string of the molecule is CC(C)(C)OC(=O)c1ccc(OC(C)(C)C)cc1CO. The lowest BCUT2D eigenvalue weighted by atomic mass is 10.1. The van der Waals surface area contributed by atoms with Crippen molar-refractivity contribution < 1.29 is 19.4 Å². The van der Waals surface area contributed by atoms with Crippen LogP contribution in [0.4, 0.5) is 0 Å². The minimum absolute atomic E-state index is 0.240. The summed E-state index contributed by atoms with van der Waals surface area (Å²) in [6, 6.07) is 5.01. The predicted molar refractivity (Wildman–Crippen MR) is 77.9 cm³/mol. The average Bonchev–Trinajstić information content (AvgIpc) is 2.24. The Morgan fingerprint density at radius 3 is 2.15 bits per heavy atom. The number of carbonyl (C=O) groups excluding carboxylic acids is 1. The van der Waals surface area contributed by atoms with E-state index in [0.29, 0.717) is 16.9 Å². The predicted octanol–water partition coefficient (Wildman–Crippen LogP) is 3.31. The highest BCUT2D eigenvalue weighted by molar-refractivity contribution is 5.91. The first kappa shape index (κ1) is 16.5. The van der Waals surface area contributed by atoms with Crippen molar-refractivity contribution in [1.82, 2.24) is 0 Å². The van der Waals surface area contributed by atoms with Crippen LogP contribution in [0, 0.1) is 0 Å². The monoisotopic (exact) mass is 280 g/mol. The number of esters is 1. The van der Waals surface area contributed by atoms with Crippen LogP contribution < -0.4 is 4.74 Å². The summed E-state index contributed by atoms with van der Waals surface area (Å²) in [6.45, 7) is 11.0. The van der Waals surface area contributed by atoms with Gasteiger partial charge < -0.3 is 14.6 Å². The molecule has 1 N–H and O–H groups in total. The van der Waals surface area contributed by atoms with Gasteiger partial charge in [0.25, 0.3) is 0 Å². The van der Waals surface area contributed by atoms with E-state index in [2.05, 4.69) is 0 Å². The van der Waals surface area contributed by atoms with Crippen LogP contribution in [-0.2, 0) is 11.3 Å². The smallest absolute Gasteiger partial charge is 0.339 e. The Kier molecular flexibility index (Phi) is 4.81. The van der Waals surface area contributed by atoms with Crippen LogP contribution in [0.2, 0.25) is 0 Å². The third kappa shape index (κ3) is 5.21. The lowest BCUT2D eigenvalue weighted by Crippen LogP contribution is -2.25. The molecule has 1 aromatic rings. The summed E-state index contributed by atoms with van der Waals surface area (Å²) in [7, 11) is 0. The zero-order valence-electron chi connectivity index (χ0n) is 13.1. The largest absolute Gasteiger partial charge is 0.488 e. The second-order valence-corrected chi connectivity index (χ2v) is 6.69. The highest BCUT2D eigenvalue weighted by atomic mass is 16.6. The Labute approximate surface area is 120 Å². The molecule has 1 rings (SSSR count). The van der Waals surface area contributed by atoms with Crippen molar-refractivity contribution in [3.8, 4) is 5.75 Å². The quantitative estimate of drug-likeness (QED) is 0.863. The molecule has 4 nitrogen and oxygen atoms in total. The third-order valence-corrected chi connectivity index (χ3v) is 2.29. The van der Waals surface area contributed by atoms with Gasteiger partial charge >= 0.3 is 5.97 Å². The molecule has 0 bridgehead atoms. The second kappa shape index (κ2) is 5.83. The van der Waals surface area contributed by atoms with Crippen molar-refractivity contribution in [2.24, 2.45) is 0 Å². The van der Waals surface area contributed by atoms with E-state index in [9.17, 15) is 9.90 Å². The van der Waals surface area contributed by atoms with Crippen LogP contribution in [0.25, 0.3) is 0 Å². The number of hydrogen-bond acceptors (Lipinski definition) is 4. The Bertz CT molecular complexity index is 478. The molecule has 1 aromatic carbocycles. The van der Waals surface area contributed by atoms with E-state index in [1.54, 1.807) is 39.0 Å². The molecule has 0 fully saturated rings. The molecular weight excluding hydrogens is 256 g/mol. The first-order valence-electron chi connectivity index (χ1n) is 6.68. The van der Waals surface area contributed by atoms with Crippen LogP contribution in [0.1, 0.15) is 57.5 Å². The highest BCUT2D eigenvalue weighted by Crippen LogP contribution is 2.24. The molecule has 0 aromatic heterocycles. The van der Waals surface area contributed by atoms with E-state index in [1.807, 2.05) is 20.8 Å². The number of benzene rings is 1. The molecule has 0 unspecified atom stereocenters. The normalized spacial score (nSPS) is 12.2. The van der Waals surface area contributed by atoms with Crippen LogP contribution in [0.15, 0.2) is 18.2 Å². The Morgan fingerprint density at radius 1 is 1.10 bits per heavy atom. The van der Waals surface area contributed by atoms with Crippen molar-refractivity contribution in [1.29, 1.82) is 0 Å². The fourth-order valence-electron chi connectivity index (χ4n) is 1.65. The molecule has 0 spiro atoms. The van der Waals surface area contributed by atoms with E-state index in [4.69, 9.17) is 9.47 Å². The van der Waals surface area contributed by atoms with E-state index in [-0.39, 0.29) is 12.2 Å². The molecule has 0 saturated carbocycles. The van der Waals surface area contributed by atoms with Crippen LogP contribution in [0.5, 0.6) is 5.75 Å². The van der Waals surface area contributed by atoms with E-state index < -0.39 is 11.6 Å². The van der Waals surface area contributed by atoms with Crippen molar-refractivity contribution in [3.05, 3.63) is 29.3 Å². The summed E-state index contributed by atoms with van der Waals surface area (Å²) in [5, 5.41) is 9.43. The molecule has 0 saturated heterocycles. The van der Waals surface area contributed by atoms with E-state index in [1.165, 1.54) is 0 Å². The number of rotatable bonds is 3. The lowest BCUT2D eigenvalue weighted by Gasteiger charge is -2.23. The fraction of sp³-hybridized carbons (Fsp3) is 0.562. The standard InChI is InChI=1S/C16H24O4/c1-15(2,3)19-12-7-8-13(11(9-12)10-17)14(18)20-16(4,5)6/h7-9,17H,10H2,1-6H3. The maximum absolute atomic E-state index is 12.1. The highest BCUT2D eigenvalue weighted by Gasteiger charge is 2.21. The molecule has 0 aliphatic heterocycles. The number of hydrogen-bond donors (Lipinski definition) is 1. The molecule has 0 aliphatic rings. The zero-order chi connectivity index (χ0) is 15.6. The maximum atomic E-state index is 12.1. The molecule has 0 atom stereocenters. The molecule has 4 heteroatoms. The molecule has 0 amide bonds. The number of carbonyl (C=O) groups is 1. The van der Waals surface area contributed by atoms with Gasteiger partial charge in [-0.05, 0) is 65.3 Å². The van der Waals surface area contributed by atoms with Crippen LogP contribution >= 0.6 is 0 Å². The van der Waals surface area contributed by atoms with Gasteiger partial charge in [-0.1, -0.05) is 0 Å². The first-order chi connectivity index (χ1) is 9.02. The van der Waals surface area contributed by atoms with Crippen LogP contribution in [0.3, 0.4) is 0 Å². The zero-order valence-corrected chi connectivity index (χ0v) is 13.1. The topological polar surface area (TPSA) is 55.8 Å². The summed E-state index contributed by atoms with van der Waals surface area (Å²) < 4.78 is 11.0. The Morgan fingerprint density at radius 2 is 1.70 bits per heavy atom. The number of ether oxygens (including phenoxy) is 2. The van der Waals surface area contributed by atoms with Gasteiger partial charge in [-0.15, -0.1) is 0 Å². The number of aliphatic hydroxyl groups excluding tert-OH is 1. The summed E-state index contributed by atoms with van der Waals surface area (Å²) in [4.78, 5) is 12.1. The molecule has 0 heterocycles. The lowest BCUT2D eigenvalue weighted by molar-refractivity contribution is 0.00665. The molecular formula is C16H24O4. The molecule has 0 aliphatic carbocycles. The van der Waals surface area contributed by atoms with Gasteiger partial charge in [0.15, 0.2) is 0 Å². The van der Waals surface area contributed by atoms with Gasteiger partial charge in [0, 0.05) is 0 Å². The minimum Gasteiger partial charge on any atom is -0.488 e. The van der Waals surface area contributed by atoms with Crippen molar-refractivity contribution >= 4 is 5.97 Å². The van der Waals surface area contributed by atoms with E-state index in [0.717, 1.165) is 0 Å². The summed E-state index contributed by atoms with van der Waals surface area (Å²) in [5.41, 5.74) is -0.0328. The van der Waals surface area contributed by atoms with Gasteiger partial charge in [0.1, 0.15) is 17.0 Å². The third-order valence-electron chi connectivity index (χ3n) is 2.29. The van der Waals surface area contributed by atoms with Crippen molar-refractivity contribution in [2.75, 3.05) is 0 Å². The van der Waals surface area contributed by atoms with Gasteiger partial charge in [-0.2, -0.15) is 0 Å². The van der Waals surface area contributed by atoms with Crippen molar-refractivity contribution in [3.63, 3.8) is 0 Å². The van der Waals surface area contributed by atoms with Crippen molar-refractivity contribution in [2.45, 2.75) is 59.4 Å². The van der Waals surface area contributed by atoms with Gasteiger partial charge in [-0.3, -0.25) is 0 Å². The molecule has 20 heavy (non-hydrogen) atoms. The average molecular weight is 280 g/mol.